The summed E-state index contributed by atoms with van der Waals surface area (Å²) in [5, 5.41) is 3.57. The summed E-state index contributed by atoms with van der Waals surface area (Å²) in [6.07, 6.45) is 6.49. The zero-order valence-corrected chi connectivity index (χ0v) is 22.4. The predicted octanol–water partition coefficient (Wildman–Crippen LogP) is 6.28. The van der Waals surface area contributed by atoms with E-state index in [1.807, 2.05) is 48.5 Å². The van der Waals surface area contributed by atoms with Crippen molar-refractivity contribution in [3.63, 3.8) is 0 Å². The third-order valence-corrected chi connectivity index (χ3v) is 8.06. The number of halogens is 1. The zero-order valence-electron chi connectivity index (χ0n) is 20.0. The average Bonchev–Trinajstić information content (AvgIpc) is 3.14. The van der Waals surface area contributed by atoms with Crippen molar-refractivity contribution in [1.82, 2.24) is 4.90 Å². The molecule has 1 saturated heterocycles. The van der Waals surface area contributed by atoms with E-state index in [0.717, 1.165) is 30.5 Å². The van der Waals surface area contributed by atoms with Crippen LogP contribution < -0.4 is 10.1 Å². The molecule has 1 amide bonds. The molecular formula is C27H31BrN2O4S. The molecule has 1 saturated carbocycles. The molecule has 1 heterocycles. The lowest BCUT2D eigenvalue weighted by atomic mass is 9.85. The highest BCUT2D eigenvalue weighted by atomic mass is 79.9. The van der Waals surface area contributed by atoms with E-state index in [0.29, 0.717) is 27.7 Å². The van der Waals surface area contributed by atoms with Crippen LogP contribution in [0.2, 0.25) is 0 Å². The highest BCUT2D eigenvalue weighted by Gasteiger charge is 2.42. The van der Waals surface area contributed by atoms with Crippen molar-refractivity contribution in [2.24, 2.45) is 5.92 Å². The van der Waals surface area contributed by atoms with E-state index in [1.54, 1.807) is 24.8 Å². The van der Waals surface area contributed by atoms with Crippen LogP contribution in [0.1, 0.15) is 45.1 Å². The standard InChI is InChI=1S/C27H31BrN2O4S/c1-3-33-25(31)17-34-23-14-13-19(15-21(23)28)16-24-26(32)30(22-12-8-7-9-18(22)2)27(35-24)29-20-10-5-4-6-11-20/h4-6,10-11,13-16,18,22,27,29H,3,7-9,12,17H2,1-2H3/b24-16-/t18-,22-,27?/m1/s1. The van der Waals surface area contributed by atoms with Gasteiger partial charge in [-0.25, -0.2) is 4.79 Å². The molecule has 2 aromatic rings. The molecule has 0 bridgehead atoms. The molecule has 2 aromatic carbocycles. The number of rotatable bonds is 8. The number of nitrogens with zero attached hydrogens (tertiary/aromatic N) is 1. The molecule has 0 aromatic heterocycles. The predicted molar refractivity (Wildman–Crippen MR) is 144 cm³/mol. The molecule has 2 aliphatic rings. The molecule has 6 nitrogen and oxygen atoms in total. The van der Waals surface area contributed by atoms with Gasteiger partial charge in [0, 0.05) is 11.7 Å². The Labute approximate surface area is 219 Å². The fourth-order valence-corrected chi connectivity index (χ4v) is 6.30. The van der Waals surface area contributed by atoms with E-state index in [-0.39, 0.29) is 24.1 Å². The molecule has 8 heteroatoms. The first-order chi connectivity index (χ1) is 17.0. The number of carbonyl (C=O) groups is 2. The van der Waals surface area contributed by atoms with E-state index >= 15 is 0 Å². The molecule has 1 aliphatic heterocycles. The molecule has 3 atom stereocenters. The first kappa shape index (κ1) is 25.6. The lowest BCUT2D eigenvalue weighted by Gasteiger charge is -2.39. The number of ether oxygens (including phenoxy) is 2. The van der Waals surface area contributed by atoms with Crippen molar-refractivity contribution >= 4 is 51.3 Å². The summed E-state index contributed by atoms with van der Waals surface area (Å²) < 4.78 is 11.2. The van der Waals surface area contributed by atoms with Gasteiger partial charge in [-0.15, -0.1) is 0 Å². The van der Waals surface area contributed by atoms with Gasteiger partial charge in [0.05, 0.1) is 16.0 Å². The molecular weight excluding hydrogens is 528 g/mol. The van der Waals surface area contributed by atoms with Gasteiger partial charge in [-0.1, -0.05) is 55.8 Å². The molecule has 1 aliphatic carbocycles. The van der Waals surface area contributed by atoms with Crippen molar-refractivity contribution < 1.29 is 19.1 Å². The summed E-state index contributed by atoms with van der Waals surface area (Å²) in [6, 6.07) is 15.8. The number of amides is 1. The largest absolute Gasteiger partial charge is 0.481 e. The highest BCUT2D eigenvalue weighted by molar-refractivity contribution is 9.10. The Kier molecular flexibility index (Phi) is 8.78. The first-order valence-corrected chi connectivity index (χ1v) is 13.7. The maximum absolute atomic E-state index is 13.7. The number of benzene rings is 2. The van der Waals surface area contributed by atoms with E-state index in [1.165, 1.54) is 6.42 Å². The minimum Gasteiger partial charge on any atom is -0.481 e. The Morgan fingerprint density at radius 2 is 1.97 bits per heavy atom. The van der Waals surface area contributed by atoms with Gasteiger partial charge < -0.3 is 19.7 Å². The van der Waals surface area contributed by atoms with Crippen molar-refractivity contribution in [2.75, 3.05) is 18.5 Å². The number of nitrogens with one attached hydrogen (secondary N) is 1. The summed E-state index contributed by atoms with van der Waals surface area (Å²) in [6.45, 7) is 4.19. The van der Waals surface area contributed by atoms with Gasteiger partial charge >= 0.3 is 5.97 Å². The Bertz CT molecular complexity index is 1080. The van der Waals surface area contributed by atoms with Crippen LogP contribution in [-0.2, 0) is 14.3 Å². The summed E-state index contributed by atoms with van der Waals surface area (Å²) in [7, 11) is 0. The fraction of sp³-hybridized carbons (Fsp3) is 0.407. The zero-order chi connectivity index (χ0) is 24.8. The second-order valence-electron chi connectivity index (χ2n) is 8.81. The van der Waals surface area contributed by atoms with Gasteiger partial charge in [-0.05, 0) is 77.5 Å². The Balaban J connectivity index is 1.54. The number of hydrogen-bond donors (Lipinski definition) is 1. The van der Waals surface area contributed by atoms with E-state index in [2.05, 4.69) is 33.1 Å². The lowest BCUT2D eigenvalue weighted by molar-refractivity contribution is -0.145. The topological polar surface area (TPSA) is 67.9 Å². The lowest BCUT2D eigenvalue weighted by Crippen LogP contribution is -2.48. The summed E-state index contributed by atoms with van der Waals surface area (Å²) in [5.74, 6) is 0.679. The number of hydrogen-bond acceptors (Lipinski definition) is 6. The van der Waals surface area contributed by atoms with Gasteiger partial charge in [0.2, 0.25) is 0 Å². The highest BCUT2D eigenvalue weighted by Crippen LogP contribution is 2.42. The quantitative estimate of drug-likeness (QED) is 0.303. The van der Waals surface area contributed by atoms with Crippen LogP contribution in [0.15, 0.2) is 57.9 Å². The van der Waals surface area contributed by atoms with Crippen LogP contribution in [0.5, 0.6) is 5.75 Å². The number of para-hydroxylation sites is 1. The number of thioether (sulfide) groups is 1. The second kappa shape index (κ2) is 12.0. The molecule has 1 N–H and O–H groups in total. The van der Waals surface area contributed by atoms with Crippen molar-refractivity contribution in [3.8, 4) is 5.75 Å². The Morgan fingerprint density at radius 1 is 1.20 bits per heavy atom. The van der Waals surface area contributed by atoms with Crippen LogP contribution in [0.3, 0.4) is 0 Å². The van der Waals surface area contributed by atoms with Gasteiger partial charge in [-0.2, -0.15) is 0 Å². The van der Waals surface area contributed by atoms with E-state index < -0.39 is 5.97 Å². The third-order valence-electron chi connectivity index (χ3n) is 6.33. The van der Waals surface area contributed by atoms with Crippen LogP contribution in [0.25, 0.3) is 6.08 Å². The van der Waals surface area contributed by atoms with Crippen molar-refractivity contribution in [3.05, 3.63) is 63.5 Å². The van der Waals surface area contributed by atoms with Crippen LogP contribution >= 0.6 is 27.7 Å². The van der Waals surface area contributed by atoms with Gasteiger partial charge in [0.15, 0.2) is 12.1 Å². The fourth-order valence-electron chi connectivity index (χ4n) is 4.58. The van der Waals surface area contributed by atoms with E-state index in [4.69, 9.17) is 9.47 Å². The van der Waals surface area contributed by atoms with Crippen LogP contribution in [0.4, 0.5) is 5.69 Å². The number of anilines is 1. The Hall–Kier alpha value is -2.45. The maximum Gasteiger partial charge on any atom is 0.344 e. The van der Waals surface area contributed by atoms with Crippen molar-refractivity contribution in [1.29, 1.82) is 0 Å². The molecule has 186 valence electrons. The molecule has 1 unspecified atom stereocenters. The molecule has 4 rings (SSSR count). The molecule has 0 spiro atoms. The minimum absolute atomic E-state index is 0.0703. The van der Waals surface area contributed by atoms with Gasteiger partial charge in [0.1, 0.15) is 5.75 Å². The summed E-state index contributed by atoms with van der Waals surface area (Å²) in [4.78, 5) is 28.0. The smallest absolute Gasteiger partial charge is 0.344 e. The van der Waals surface area contributed by atoms with Crippen molar-refractivity contribution in [2.45, 2.75) is 51.1 Å². The maximum atomic E-state index is 13.7. The van der Waals surface area contributed by atoms with Crippen LogP contribution in [-0.4, -0.2) is 41.5 Å². The molecule has 2 fully saturated rings. The minimum atomic E-state index is -0.410. The molecule has 0 radical (unpaired) electrons. The Morgan fingerprint density at radius 3 is 2.69 bits per heavy atom. The van der Waals surface area contributed by atoms with Crippen LogP contribution in [0, 0.1) is 5.92 Å². The second-order valence-corrected chi connectivity index (χ2v) is 10.8. The van der Waals surface area contributed by atoms with Gasteiger partial charge in [0.25, 0.3) is 5.91 Å². The third kappa shape index (κ3) is 6.41. The normalized spacial score (nSPS) is 23.4. The summed E-state index contributed by atoms with van der Waals surface area (Å²) in [5.41, 5.74) is 1.73. The average molecular weight is 560 g/mol. The van der Waals surface area contributed by atoms with Gasteiger partial charge in [-0.3, -0.25) is 4.79 Å². The SMILES string of the molecule is CCOC(=O)COc1ccc(/C=C2\SC(Nc3ccccc3)N([C@@H]3CCCC[C@H]3C)C2=O)cc1Br. The number of carbonyl (C=O) groups excluding carboxylic acids is 2. The number of esters is 1. The van der Waals surface area contributed by atoms with E-state index in [9.17, 15) is 9.59 Å². The first-order valence-electron chi connectivity index (χ1n) is 12.1. The molecule has 35 heavy (non-hydrogen) atoms. The summed E-state index contributed by atoms with van der Waals surface area (Å²) >= 11 is 5.08. The monoisotopic (exact) mass is 558 g/mol.